The van der Waals surface area contributed by atoms with Crippen molar-refractivity contribution in [3.05, 3.63) is 34.3 Å². The molecule has 3 N–H and O–H groups in total. The molecule has 0 saturated carbocycles. The van der Waals surface area contributed by atoms with Crippen molar-refractivity contribution >= 4 is 27.7 Å². The average Bonchev–Trinajstić information content (AvgIpc) is 2.44. The predicted molar refractivity (Wildman–Crippen MR) is 82.6 cm³/mol. The van der Waals surface area contributed by atoms with E-state index in [1.165, 1.54) is 0 Å². The molecule has 110 valence electrons. The standard InChI is InChI=1S/C14H20BrN3O2/c1-16-8-2-9-17-13(19)7-10-18-14(20)11-3-5-12(15)6-4-11/h3-6,16H,2,7-10H2,1H3,(H,17,19)(H,18,20). The zero-order valence-corrected chi connectivity index (χ0v) is 13.1. The summed E-state index contributed by atoms with van der Waals surface area (Å²) >= 11 is 3.31. The van der Waals surface area contributed by atoms with E-state index in [2.05, 4.69) is 31.9 Å². The first-order valence-electron chi connectivity index (χ1n) is 6.58. The summed E-state index contributed by atoms with van der Waals surface area (Å²) in [4.78, 5) is 23.3. The topological polar surface area (TPSA) is 70.2 Å². The van der Waals surface area contributed by atoms with Crippen LogP contribution in [0.2, 0.25) is 0 Å². The summed E-state index contributed by atoms with van der Waals surface area (Å²) < 4.78 is 0.926. The van der Waals surface area contributed by atoms with Crippen LogP contribution in [0.25, 0.3) is 0 Å². The molecule has 20 heavy (non-hydrogen) atoms. The summed E-state index contributed by atoms with van der Waals surface area (Å²) in [6, 6.07) is 7.08. The smallest absolute Gasteiger partial charge is 0.251 e. The molecular formula is C14H20BrN3O2. The fourth-order valence-electron chi connectivity index (χ4n) is 1.57. The molecule has 1 rings (SSSR count). The van der Waals surface area contributed by atoms with E-state index < -0.39 is 0 Å². The first-order valence-corrected chi connectivity index (χ1v) is 7.38. The van der Waals surface area contributed by atoms with Gasteiger partial charge in [-0.25, -0.2) is 0 Å². The number of carbonyl (C=O) groups is 2. The molecule has 0 aliphatic rings. The molecule has 1 aromatic carbocycles. The molecule has 0 saturated heterocycles. The molecule has 6 heteroatoms. The van der Waals surface area contributed by atoms with Crippen LogP contribution in [0.1, 0.15) is 23.2 Å². The Morgan fingerprint density at radius 3 is 2.40 bits per heavy atom. The Labute approximate surface area is 127 Å². The average molecular weight is 342 g/mol. The maximum absolute atomic E-state index is 11.8. The largest absolute Gasteiger partial charge is 0.356 e. The third kappa shape index (κ3) is 6.68. The van der Waals surface area contributed by atoms with Gasteiger partial charge in [0, 0.05) is 29.5 Å². The predicted octanol–water partition coefficient (Wildman–Crippen LogP) is 1.29. The summed E-state index contributed by atoms with van der Waals surface area (Å²) in [6.07, 6.45) is 1.19. The van der Waals surface area contributed by atoms with Crippen LogP contribution < -0.4 is 16.0 Å². The van der Waals surface area contributed by atoms with E-state index >= 15 is 0 Å². The number of benzene rings is 1. The molecule has 0 unspecified atom stereocenters. The minimum absolute atomic E-state index is 0.0443. The van der Waals surface area contributed by atoms with Gasteiger partial charge < -0.3 is 16.0 Å². The summed E-state index contributed by atoms with van der Waals surface area (Å²) in [5.41, 5.74) is 0.586. The van der Waals surface area contributed by atoms with Gasteiger partial charge in [-0.3, -0.25) is 9.59 Å². The highest BCUT2D eigenvalue weighted by Gasteiger charge is 2.06. The molecule has 0 aliphatic carbocycles. The van der Waals surface area contributed by atoms with Gasteiger partial charge in [0.2, 0.25) is 5.91 Å². The van der Waals surface area contributed by atoms with Gasteiger partial charge in [0.05, 0.1) is 0 Å². The van der Waals surface area contributed by atoms with E-state index in [1.54, 1.807) is 12.1 Å². The van der Waals surface area contributed by atoms with Gasteiger partial charge in [-0.1, -0.05) is 15.9 Å². The van der Waals surface area contributed by atoms with Gasteiger partial charge in [-0.05, 0) is 44.3 Å². The molecule has 1 aromatic rings. The Morgan fingerprint density at radius 2 is 1.75 bits per heavy atom. The van der Waals surface area contributed by atoms with Crippen molar-refractivity contribution in [1.82, 2.24) is 16.0 Å². The van der Waals surface area contributed by atoms with E-state index in [0.29, 0.717) is 25.1 Å². The van der Waals surface area contributed by atoms with Gasteiger partial charge in [0.25, 0.3) is 5.91 Å². The molecule has 0 radical (unpaired) electrons. The molecular weight excluding hydrogens is 322 g/mol. The summed E-state index contributed by atoms with van der Waals surface area (Å²) in [5.74, 6) is -0.210. The van der Waals surface area contributed by atoms with E-state index in [4.69, 9.17) is 0 Å². The van der Waals surface area contributed by atoms with Crippen molar-refractivity contribution in [2.24, 2.45) is 0 Å². The summed E-state index contributed by atoms with van der Waals surface area (Å²) in [6.45, 7) is 1.87. The Hall–Kier alpha value is -1.40. The van der Waals surface area contributed by atoms with Gasteiger partial charge >= 0.3 is 0 Å². The fraction of sp³-hybridized carbons (Fsp3) is 0.429. The Morgan fingerprint density at radius 1 is 1.05 bits per heavy atom. The van der Waals surface area contributed by atoms with Crippen molar-refractivity contribution < 1.29 is 9.59 Å². The monoisotopic (exact) mass is 341 g/mol. The Bertz CT molecular complexity index is 435. The van der Waals surface area contributed by atoms with Crippen LogP contribution >= 0.6 is 15.9 Å². The number of halogens is 1. The second kappa shape index (κ2) is 9.50. The van der Waals surface area contributed by atoms with Crippen LogP contribution in [0.15, 0.2) is 28.7 Å². The maximum atomic E-state index is 11.8. The molecule has 0 aliphatic heterocycles. The van der Waals surface area contributed by atoms with Crippen molar-refractivity contribution in [3.63, 3.8) is 0 Å². The van der Waals surface area contributed by atoms with Gasteiger partial charge in [-0.15, -0.1) is 0 Å². The third-order valence-electron chi connectivity index (χ3n) is 2.67. The quantitative estimate of drug-likeness (QED) is 0.624. The highest BCUT2D eigenvalue weighted by molar-refractivity contribution is 9.10. The van der Waals surface area contributed by atoms with Crippen molar-refractivity contribution in [2.75, 3.05) is 26.7 Å². The molecule has 0 atom stereocenters. The lowest BCUT2D eigenvalue weighted by Gasteiger charge is -2.07. The zero-order valence-electron chi connectivity index (χ0n) is 11.5. The molecule has 0 aromatic heterocycles. The van der Waals surface area contributed by atoms with Crippen LogP contribution in [-0.2, 0) is 4.79 Å². The van der Waals surface area contributed by atoms with Crippen LogP contribution in [0.4, 0.5) is 0 Å². The SMILES string of the molecule is CNCCCNC(=O)CCNC(=O)c1ccc(Br)cc1. The van der Waals surface area contributed by atoms with Crippen molar-refractivity contribution in [2.45, 2.75) is 12.8 Å². The minimum Gasteiger partial charge on any atom is -0.356 e. The van der Waals surface area contributed by atoms with E-state index in [0.717, 1.165) is 17.4 Å². The van der Waals surface area contributed by atoms with E-state index in [-0.39, 0.29) is 11.8 Å². The first kappa shape index (κ1) is 16.7. The normalized spacial score (nSPS) is 10.1. The summed E-state index contributed by atoms with van der Waals surface area (Å²) in [5, 5.41) is 8.54. The molecule has 0 bridgehead atoms. The van der Waals surface area contributed by atoms with Crippen molar-refractivity contribution in [3.8, 4) is 0 Å². The molecule has 0 heterocycles. The lowest BCUT2D eigenvalue weighted by molar-refractivity contribution is -0.120. The van der Waals surface area contributed by atoms with Crippen LogP contribution in [0.5, 0.6) is 0 Å². The molecule has 0 fully saturated rings. The number of nitrogens with one attached hydrogen (secondary N) is 3. The minimum atomic E-state index is -0.166. The van der Waals surface area contributed by atoms with Gasteiger partial charge in [-0.2, -0.15) is 0 Å². The first-order chi connectivity index (χ1) is 9.63. The van der Waals surface area contributed by atoms with Crippen molar-refractivity contribution in [1.29, 1.82) is 0 Å². The van der Waals surface area contributed by atoms with Gasteiger partial charge in [0.1, 0.15) is 0 Å². The Balaban J connectivity index is 2.18. The number of amides is 2. The third-order valence-corrected chi connectivity index (χ3v) is 3.20. The van der Waals surface area contributed by atoms with Gasteiger partial charge in [0.15, 0.2) is 0 Å². The lowest BCUT2D eigenvalue weighted by Crippen LogP contribution is -2.31. The molecule has 2 amide bonds. The summed E-state index contributed by atoms with van der Waals surface area (Å²) in [7, 11) is 1.87. The van der Waals surface area contributed by atoms with E-state index in [9.17, 15) is 9.59 Å². The number of rotatable bonds is 8. The zero-order chi connectivity index (χ0) is 14.8. The Kier molecular flexibility index (Phi) is 7.91. The highest BCUT2D eigenvalue weighted by Crippen LogP contribution is 2.10. The maximum Gasteiger partial charge on any atom is 0.251 e. The number of hydrogen-bond acceptors (Lipinski definition) is 3. The molecule has 0 spiro atoms. The second-order valence-corrected chi connectivity index (χ2v) is 5.24. The highest BCUT2D eigenvalue weighted by atomic mass is 79.9. The fourth-order valence-corrected chi connectivity index (χ4v) is 1.84. The van der Waals surface area contributed by atoms with Crippen LogP contribution in [-0.4, -0.2) is 38.5 Å². The number of hydrogen-bond donors (Lipinski definition) is 3. The molecule has 5 nitrogen and oxygen atoms in total. The lowest BCUT2D eigenvalue weighted by atomic mass is 10.2. The second-order valence-electron chi connectivity index (χ2n) is 4.32. The van der Waals surface area contributed by atoms with Crippen LogP contribution in [0.3, 0.4) is 0 Å². The van der Waals surface area contributed by atoms with E-state index in [1.807, 2.05) is 19.2 Å². The number of carbonyl (C=O) groups excluding carboxylic acids is 2. The van der Waals surface area contributed by atoms with Crippen LogP contribution in [0, 0.1) is 0 Å².